The SMILES string of the molecule is CN(C(=O)C1CCN(S(=O)(=O)c2ccccc2C(=O)O)CC1)C1CCOC1. The van der Waals surface area contributed by atoms with E-state index in [1.165, 1.54) is 28.6 Å². The number of carboxylic acid groups (broad SMARTS) is 1. The molecule has 27 heavy (non-hydrogen) atoms. The molecule has 0 bridgehead atoms. The van der Waals surface area contributed by atoms with Gasteiger partial charge in [0.25, 0.3) is 0 Å². The van der Waals surface area contributed by atoms with Gasteiger partial charge in [-0.15, -0.1) is 0 Å². The van der Waals surface area contributed by atoms with Crippen molar-refractivity contribution in [3.63, 3.8) is 0 Å². The smallest absolute Gasteiger partial charge is 0.337 e. The van der Waals surface area contributed by atoms with Crippen LogP contribution in [0.1, 0.15) is 29.6 Å². The van der Waals surface area contributed by atoms with Crippen molar-refractivity contribution < 1.29 is 27.9 Å². The van der Waals surface area contributed by atoms with Crippen molar-refractivity contribution in [2.45, 2.75) is 30.2 Å². The summed E-state index contributed by atoms with van der Waals surface area (Å²) in [4.78, 5) is 25.5. The molecule has 148 valence electrons. The van der Waals surface area contributed by atoms with Crippen LogP contribution in [0.15, 0.2) is 29.2 Å². The summed E-state index contributed by atoms with van der Waals surface area (Å²) in [7, 11) is -2.14. The molecule has 0 radical (unpaired) electrons. The molecule has 2 aliphatic rings. The predicted octanol–water partition coefficient (Wildman–Crippen LogP) is 1.03. The number of hydrogen-bond donors (Lipinski definition) is 1. The van der Waals surface area contributed by atoms with Crippen LogP contribution in [0.4, 0.5) is 0 Å². The van der Waals surface area contributed by atoms with Gasteiger partial charge in [0, 0.05) is 32.7 Å². The second-order valence-corrected chi connectivity index (χ2v) is 8.85. The zero-order valence-corrected chi connectivity index (χ0v) is 16.0. The number of carbonyl (C=O) groups excluding carboxylic acids is 1. The Morgan fingerprint density at radius 1 is 1.19 bits per heavy atom. The number of sulfonamides is 1. The molecule has 1 atom stereocenters. The lowest BCUT2D eigenvalue weighted by molar-refractivity contribution is -0.137. The fourth-order valence-corrected chi connectivity index (χ4v) is 5.30. The first-order valence-corrected chi connectivity index (χ1v) is 10.4. The standard InChI is InChI=1S/C18H24N2O6S/c1-19(14-8-11-26-12-14)17(21)13-6-9-20(10-7-13)27(24,25)16-5-3-2-4-15(16)18(22)23/h2-5,13-14H,6-12H2,1H3,(H,22,23). The molecule has 2 aliphatic heterocycles. The Morgan fingerprint density at radius 3 is 2.44 bits per heavy atom. The topological polar surface area (TPSA) is 104 Å². The predicted molar refractivity (Wildman–Crippen MR) is 96.9 cm³/mol. The van der Waals surface area contributed by atoms with Gasteiger partial charge in [-0.3, -0.25) is 4.79 Å². The van der Waals surface area contributed by atoms with Gasteiger partial charge < -0.3 is 14.7 Å². The summed E-state index contributed by atoms with van der Waals surface area (Å²) >= 11 is 0. The molecule has 0 spiro atoms. The van der Waals surface area contributed by atoms with E-state index < -0.39 is 16.0 Å². The number of likely N-dealkylation sites (N-methyl/N-ethyl adjacent to an activating group) is 1. The summed E-state index contributed by atoms with van der Waals surface area (Å²) in [6.45, 7) is 1.59. The lowest BCUT2D eigenvalue weighted by Crippen LogP contribution is -2.46. The van der Waals surface area contributed by atoms with E-state index in [9.17, 15) is 23.1 Å². The quantitative estimate of drug-likeness (QED) is 0.797. The van der Waals surface area contributed by atoms with E-state index in [0.29, 0.717) is 26.1 Å². The number of piperidine rings is 1. The third-order valence-corrected chi connectivity index (χ3v) is 7.30. The number of rotatable bonds is 5. The first-order valence-electron chi connectivity index (χ1n) is 8.99. The van der Waals surface area contributed by atoms with Gasteiger partial charge in [0.05, 0.1) is 23.1 Å². The molecule has 1 aromatic rings. The van der Waals surface area contributed by atoms with E-state index in [0.717, 1.165) is 6.42 Å². The maximum Gasteiger partial charge on any atom is 0.337 e. The molecule has 1 N–H and O–H groups in total. The summed E-state index contributed by atoms with van der Waals surface area (Å²) in [6.07, 6.45) is 1.66. The van der Waals surface area contributed by atoms with Gasteiger partial charge in [-0.05, 0) is 31.4 Å². The van der Waals surface area contributed by atoms with Gasteiger partial charge in [0.2, 0.25) is 15.9 Å². The number of ether oxygens (including phenoxy) is 1. The molecular weight excluding hydrogens is 372 g/mol. The van der Waals surface area contributed by atoms with Crippen molar-refractivity contribution in [3.8, 4) is 0 Å². The number of nitrogens with zero attached hydrogens (tertiary/aromatic N) is 2. The van der Waals surface area contributed by atoms with Gasteiger partial charge in [-0.2, -0.15) is 4.31 Å². The zero-order valence-electron chi connectivity index (χ0n) is 15.2. The van der Waals surface area contributed by atoms with Gasteiger partial charge in [-0.25, -0.2) is 13.2 Å². The van der Waals surface area contributed by atoms with Gasteiger partial charge in [-0.1, -0.05) is 12.1 Å². The highest BCUT2D eigenvalue weighted by molar-refractivity contribution is 7.89. The highest BCUT2D eigenvalue weighted by atomic mass is 32.2. The Labute approximate surface area is 158 Å². The van der Waals surface area contributed by atoms with Crippen molar-refractivity contribution >= 4 is 21.9 Å². The van der Waals surface area contributed by atoms with E-state index >= 15 is 0 Å². The van der Waals surface area contributed by atoms with Crippen LogP contribution in [-0.2, 0) is 19.6 Å². The van der Waals surface area contributed by atoms with E-state index in [2.05, 4.69) is 0 Å². The first kappa shape index (κ1) is 19.8. The molecule has 1 amide bonds. The number of hydrogen-bond acceptors (Lipinski definition) is 5. The highest BCUT2D eigenvalue weighted by Crippen LogP contribution is 2.27. The molecule has 1 aromatic carbocycles. The first-order chi connectivity index (χ1) is 12.8. The van der Waals surface area contributed by atoms with Crippen LogP contribution in [0.25, 0.3) is 0 Å². The average Bonchev–Trinajstić information content (AvgIpc) is 3.21. The fraction of sp³-hybridized carbons (Fsp3) is 0.556. The molecule has 2 heterocycles. The average molecular weight is 396 g/mol. The van der Waals surface area contributed by atoms with E-state index in [-0.39, 0.29) is 41.4 Å². The highest BCUT2D eigenvalue weighted by Gasteiger charge is 2.36. The van der Waals surface area contributed by atoms with Gasteiger partial charge >= 0.3 is 5.97 Å². The summed E-state index contributed by atoms with van der Waals surface area (Å²) in [5.41, 5.74) is -0.239. The number of aromatic carboxylic acids is 1. The van der Waals surface area contributed by atoms with E-state index in [4.69, 9.17) is 4.74 Å². The minimum absolute atomic E-state index is 0.0217. The van der Waals surface area contributed by atoms with Crippen molar-refractivity contribution in [1.82, 2.24) is 9.21 Å². The van der Waals surface area contributed by atoms with Crippen LogP contribution >= 0.6 is 0 Å². The van der Waals surface area contributed by atoms with Crippen molar-refractivity contribution in [3.05, 3.63) is 29.8 Å². The molecule has 1 unspecified atom stereocenters. The monoisotopic (exact) mass is 396 g/mol. The molecule has 8 nitrogen and oxygen atoms in total. The molecule has 2 saturated heterocycles. The minimum Gasteiger partial charge on any atom is -0.478 e. The Hall–Kier alpha value is -1.97. The normalized spacial score (nSPS) is 21.9. The molecule has 0 saturated carbocycles. The maximum atomic E-state index is 12.9. The van der Waals surface area contributed by atoms with E-state index in [1.807, 2.05) is 0 Å². The van der Waals surface area contributed by atoms with Crippen LogP contribution in [-0.4, -0.2) is 74.0 Å². The largest absolute Gasteiger partial charge is 0.478 e. The molecule has 9 heteroatoms. The number of carbonyl (C=O) groups is 2. The molecule has 3 rings (SSSR count). The molecule has 0 aliphatic carbocycles. The number of carboxylic acids is 1. The van der Waals surface area contributed by atoms with Crippen LogP contribution in [0.5, 0.6) is 0 Å². The van der Waals surface area contributed by atoms with E-state index in [1.54, 1.807) is 11.9 Å². The van der Waals surface area contributed by atoms with Crippen molar-refractivity contribution in [2.75, 3.05) is 33.4 Å². The third kappa shape index (κ3) is 3.99. The summed E-state index contributed by atoms with van der Waals surface area (Å²) in [5, 5.41) is 9.26. The van der Waals surface area contributed by atoms with Crippen LogP contribution in [0.3, 0.4) is 0 Å². The number of benzene rings is 1. The zero-order chi connectivity index (χ0) is 19.6. The third-order valence-electron chi connectivity index (χ3n) is 5.34. The Balaban J connectivity index is 1.68. The van der Waals surface area contributed by atoms with Crippen LogP contribution in [0, 0.1) is 5.92 Å². The van der Waals surface area contributed by atoms with Gasteiger partial charge in [0.15, 0.2) is 0 Å². The van der Waals surface area contributed by atoms with Crippen LogP contribution in [0.2, 0.25) is 0 Å². The van der Waals surface area contributed by atoms with Crippen LogP contribution < -0.4 is 0 Å². The summed E-state index contributed by atoms with van der Waals surface area (Å²) in [6, 6.07) is 5.68. The Kier molecular flexibility index (Phi) is 5.83. The van der Waals surface area contributed by atoms with Crippen molar-refractivity contribution in [1.29, 1.82) is 0 Å². The second kappa shape index (κ2) is 7.95. The van der Waals surface area contributed by atoms with Gasteiger partial charge in [0.1, 0.15) is 0 Å². The summed E-state index contributed by atoms with van der Waals surface area (Å²) < 4.78 is 32.4. The Morgan fingerprint density at radius 2 is 1.85 bits per heavy atom. The minimum atomic E-state index is -3.92. The molecule has 2 fully saturated rings. The maximum absolute atomic E-state index is 12.9. The molecule has 0 aromatic heterocycles. The lowest BCUT2D eigenvalue weighted by Gasteiger charge is -2.34. The lowest BCUT2D eigenvalue weighted by atomic mass is 9.96. The molecular formula is C18H24N2O6S. The fourth-order valence-electron chi connectivity index (χ4n) is 3.65. The second-order valence-electron chi connectivity index (χ2n) is 6.95. The summed E-state index contributed by atoms with van der Waals surface area (Å²) in [5.74, 6) is -1.48. The van der Waals surface area contributed by atoms with Crippen molar-refractivity contribution in [2.24, 2.45) is 5.92 Å². The Bertz CT molecular complexity index is 811. The number of amides is 1.